The van der Waals surface area contributed by atoms with Crippen molar-refractivity contribution in [2.45, 2.75) is 19.1 Å². The van der Waals surface area contributed by atoms with Crippen LogP contribution in [0.4, 0.5) is 5.82 Å². The molecule has 8 heteroatoms. The van der Waals surface area contributed by atoms with Crippen molar-refractivity contribution in [3.05, 3.63) is 58.1 Å². The highest BCUT2D eigenvalue weighted by molar-refractivity contribution is 6.31. The molecule has 0 radical (unpaired) electrons. The maximum atomic E-state index is 9.55. The van der Waals surface area contributed by atoms with E-state index in [4.69, 9.17) is 26.2 Å². The van der Waals surface area contributed by atoms with Crippen molar-refractivity contribution in [3.8, 4) is 22.8 Å². The van der Waals surface area contributed by atoms with Crippen LogP contribution in [0.3, 0.4) is 0 Å². The van der Waals surface area contributed by atoms with Crippen LogP contribution in [-0.2, 0) is 13.0 Å². The van der Waals surface area contributed by atoms with E-state index < -0.39 is 6.10 Å². The lowest BCUT2D eigenvalue weighted by Crippen LogP contribution is -2.21. The number of halogens is 1. The van der Waals surface area contributed by atoms with Crippen molar-refractivity contribution in [1.82, 2.24) is 10.2 Å². The summed E-state index contributed by atoms with van der Waals surface area (Å²) in [5, 5.41) is 30.1. The fourth-order valence-electron chi connectivity index (χ4n) is 3.41. The second kappa shape index (κ2) is 8.32. The minimum absolute atomic E-state index is 0.0108. The molecule has 152 valence electrons. The first-order valence-corrected chi connectivity index (χ1v) is 9.66. The SMILES string of the molecule is COc1cc2c(cc1OCC(O)CO)Cc1c(NCc3ccccc3Cl)n[nH]c1-2. The van der Waals surface area contributed by atoms with Gasteiger partial charge < -0.3 is 25.0 Å². The van der Waals surface area contributed by atoms with Gasteiger partial charge in [-0.3, -0.25) is 5.10 Å². The monoisotopic (exact) mass is 415 g/mol. The van der Waals surface area contributed by atoms with Gasteiger partial charge in [-0.1, -0.05) is 29.8 Å². The maximum absolute atomic E-state index is 9.55. The zero-order chi connectivity index (χ0) is 20.4. The van der Waals surface area contributed by atoms with E-state index in [9.17, 15) is 5.11 Å². The topological polar surface area (TPSA) is 99.6 Å². The van der Waals surface area contributed by atoms with Gasteiger partial charge in [-0.25, -0.2) is 0 Å². The van der Waals surface area contributed by atoms with Crippen molar-refractivity contribution in [2.75, 3.05) is 25.6 Å². The third kappa shape index (κ3) is 3.89. The number of nitrogens with one attached hydrogen (secondary N) is 2. The molecule has 0 spiro atoms. The molecule has 0 fully saturated rings. The van der Waals surface area contributed by atoms with Crippen molar-refractivity contribution in [2.24, 2.45) is 0 Å². The molecule has 4 N–H and O–H groups in total. The van der Waals surface area contributed by atoms with E-state index in [1.807, 2.05) is 36.4 Å². The molecule has 29 heavy (non-hydrogen) atoms. The second-order valence-corrected chi connectivity index (χ2v) is 7.26. The molecule has 0 saturated heterocycles. The number of hydrogen-bond donors (Lipinski definition) is 4. The summed E-state index contributed by atoms with van der Waals surface area (Å²) in [6.45, 7) is 0.205. The standard InChI is InChI=1S/C21H22ClN3O4/c1-28-18-8-15-13(7-19(18)29-11-14(27)10-26)6-16-20(15)24-25-21(16)23-9-12-4-2-3-5-17(12)22/h2-5,7-8,14,26-27H,6,9-11H2,1H3,(H2,23,24,25). The van der Waals surface area contributed by atoms with Gasteiger partial charge in [-0.05, 0) is 29.3 Å². The highest BCUT2D eigenvalue weighted by Crippen LogP contribution is 2.44. The normalized spacial score (nSPS) is 13.0. The molecule has 7 nitrogen and oxygen atoms in total. The number of rotatable bonds is 8. The summed E-state index contributed by atoms with van der Waals surface area (Å²) in [5.41, 5.74) is 5.10. The number of aliphatic hydroxyl groups excluding tert-OH is 2. The van der Waals surface area contributed by atoms with Crippen LogP contribution in [0.15, 0.2) is 36.4 Å². The lowest BCUT2D eigenvalue weighted by Gasteiger charge is -2.14. The van der Waals surface area contributed by atoms with Crippen LogP contribution < -0.4 is 14.8 Å². The summed E-state index contributed by atoms with van der Waals surface area (Å²) in [6, 6.07) is 11.5. The molecule has 0 bridgehead atoms. The Morgan fingerprint density at radius 1 is 1.28 bits per heavy atom. The number of aromatic nitrogens is 2. The van der Waals surface area contributed by atoms with Gasteiger partial charge in [0.05, 0.1) is 19.4 Å². The van der Waals surface area contributed by atoms with Crippen LogP contribution in [0.5, 0.6) is 11.5 Å². The predicted molar refractivity (Wildman–Crippen MR) is 111 cm³/mol. The van der Waals surface area contributed by atoms with Crippen LogP contribution in [0.2, 0.25) is 5.02 Å². The van der Waals surface area contributed by atoms with E-state index in [1.54, 1.807) is 7.11 Å². The van der Waals surface area contributed by atoms with Gasteiger partial charge >= 0.3 is 0 Å². The molecule has 3 aromatic rings. The molecule has 1 heterocycles. The number of aliphatic hydroxyl groups is 2. The van der Waals surface area contributed by atoms with Crippen molar-refractivity contribution >= 4 is 17.4 Å². The van der Waals surface area contributed by atoms with Gasteiger partial charge in [0.2, 0.25) is 0 Å². The molecule has 0 aliphatic heterocycles. The molecule has 1 unspecified atom stereocenters. The van der Waals surface area contributed by atoms with Crippen molar-refractivity contribution in [3.63, 3.8) is 0 Å². The number of anilines is 1. The van der Waals surface area contributed by atoms with E-state index in [0.29, 0.717) is 29.5 Å². The van der Waals surface area contributed by atoms with E-state index in [0.717, 1.165) is 33.8 Å². The average Bonchev–Trinajstić information content (AvgIpc) is 3.29. The van der Waals surface area contributed by atoms with E-state index in [-0.39, 0.29) is 13.2 Å². The largest absolute Gasteiger partial charge is 0.493 e. The summed E-state index contributed by atoms with van der Waals surface area (Å²) in [7, 11) is 1.57. The van der Waals surface area contributed by atoms with E-state index in [2.05, 4.69) is 15.5 Å². The first kappa shape index (κ1) is 19.6. The molecular formula is C21H22ClN3O4. The van der Waals surface area contributed by atoms with Gasteiger partial charge in [-0.2, -0.15) is 5.10 Å². The Labute approximate surface area is 173 Å². The average molecular weight is 416 g/mol. The van der Waals surface area contributed by atoms with Gasteiger partial charge in [0.25, 0.3) is 0 Å². The van der Waals surface area contributed by atoms with Gasteiger partial charge in [-0.15, -0.1) is 0 Å². The van der Waals surface area contributed by atoms with Gasteiger partial charge in [0.15, 0.2) is 17.3 Å². The number of methoxy groups -OCH3 is 1. The summed E-state index contributed by atoms with van der Waals surface area (Å²) >= 11 is 6.24. The van der Waals surface area contributed by atoms with Crippen LogP contribution in [-0.4, -0.2) is 46.8 Å². The summed E-state index contributed by atoms with van der Waals surface area (Å²) in [6.07, 6.45) is -0.250. The molecular weight excluding hydrogens is 394 g/mol. The van der Waals surface area contributed by atoms with Crippen molar-refractivity contribution in [1.29, 1.82) is 0 Å². The predicted octanol–water partition coefficient (Wildman–Crippen LogP) is 2.99. The molecule has 0 amide bonds. The molecule has 1 aromatic heterocycles. The number of hydrogen-bond acceptors (Lipinski definition) is 6. The Hall–Kier alpha value is -2.74. The zero-order valence-corrected chi connectivity index (χ0v) is 16.7. The van der Waals surface area contributed by atoms with E-state index >= 15 is 0 Å². The molecule has 0 saturated carbocycles. The Kier molecular flexibility index (Phi) is 5.62. The van der Waals surface area contributed by atoms with E-state index in [1.165, 1.54) is 0 Å². The molecule has 1 aliphatic rings. The molecule has 4 rings (SSSR count). The minimum Gasteiger partial charge on any atom is -0.493 e. The highest BCUT2D eigenvalue weighted by atomic mass is 35.5. The highest BCUT2D eigenvalue weighted by Gasteiger charge is 2.27. The smallest absolute Gasteiger partial charge is 0.161 e. The number of ether oxygens (including phenoxy) is 2. The Balaban J connectivity index is 1.55. The third-order valence-electron chi connectivity index (χ3n) is 4.94. The maximum Gasteiger partial charge on any atom is 0.161 e. The fourth-order valence-corrected chi connectivity index (χ4v) is 3.61. The van der Waals surface area contributed by atoms with Gasteiger partial charge in [0.1, 0.15) is 12.7 Å². The van der Waals surface area contributed by atoms with Crippen LogP contribution in [0, 0.1) is 0 Å². The Bertz CT molecular complexity index is 1020. The lowest BCUT2D eigenvalue weighted by atomic mass is 10.1. The van der Waals surface area contributed by atoms with Crippen molar-refractivity contribution < 1.29 is 19.7 Å². The zero-order valence-electron chi connectivity index (χ0n) is 15.9. The Morgan fingerprint density at radius 2 is 2.10 bits per heavy atom. The molecule has 1 aliphatic carbocycles. The number of H-pyrrole nitrogens is 1. The summed E-state index contributed by atoms with van der Waals surface area (Å²) in [4.78, 5) is 0. The second-order valence-electron chi connectivity index (χ2n) is 6.86. The first-order chi connectivity index (χ1) is 14.1. The lowest BCUT2D eigenvalue weighted by molar-refractivity contribution is 0.0527. The number of benzene rings is 2. The number of fused-ring (bicyclic) bond motifs is 3. The quantitative estimate of drug-likeness (QED) is 0.353. The molecule has 2 aromatic carbocycles. The summed E-state index contributed by atoms with van der Waals surface area (Å²) < 4.78 is 11.1. The van der Waals surface area contributed by atoms with Crippen LogP contribution >= 0.6 is 11.6 Å². The van der Waals surface area contributed by atoms with Gasteiger partial charge in [0, 0.05) is 29.1 Å². The number of nitrogens with zero attached hydrogens (tertiary/aromatic N) is 1. The van der Waals surface area contributed by atoms with Crippen LogP contribution in [0.1, 0.15) is 16.7 Å². The molecule has 1 atom stereocenters. The first-order valence-electron chi connectivity index (χ1n) is 9.28. The fraction of sp³-hybridized carbons (Fsp3) is 0.286. The summed E-state index contributed by atoms with van der Waals surface area (Å²) in [5.74, 6) is 1.87. The van der Waals surface area contributed by atoms with Crippen LogP contribution in [0.25, 0.3) is 11.3 Å². The number of aromatic amines is 1. The minimum atomic E-state index is -0.939. The Morgan fingerprint density at radius 3 is 2.86 bits per heavy atom. The third-order valence-corrected chi connectivity index (χ3v) is 5.31.